The van der Waals surface area contributed by atoms with Gasteiger partial charge in [-0.15, -0.1) is 11.3 Å². The number of fused-ring (bicyclic) bond motifs is 2. The molecular weight excluding hydrogens is 302 g/mol. The zero-order valence-electron chi connectivity index (χ0n) is 11.8. The van der Waals surface area contributed by atoms with Crippen LogP contribution in [0.3, 0.4) is 0 Å². The Morgan fingerprint density at radius 3 is 3.05 bits per heavy atom. The maximum absolute atomic E-state index is 6.30. The lowest BCUT2D eigenvalue weighted by molar-refractivity contribution is 0.795. The van der Waals surface area contributed by atoms with Crippen LogP contribution in [-0.2, 0) is 19.4 Å². The predicted octanol–water partition coefficient (Wildman–Crippen LogP) is 4.51. The monoisotopic (exact) mass is 317 g/mol. The Hall–Kier alpha value is -1.52. The molecule has 2 aromatic heterocycles. The minimum absolute atomic E-state index is 0.743. The van der Waals surface area contributed by atoms with Crippen molar-refractivity contribution in [1.82, 2.24) is 9.55 Å². The van der Waals surface area contributed by atoms with Gasteiger partial charge in [0.2, 0.25) is 0 Å². The van der Waals surface area contributed by atoms with Gasteiger partial charge >= 0.3 is 0 Å². The molecule has 0 aliphatic heterocycles. The van der Waals surface area contributed by atoms with Crippen LogP contribution in [0.25, 0.3) is 22.4 Å². The van der Waals surface area contributed by atoms with Gasteiger partial charge in [-0.25, -0.2) is 4.98 Å². The molecule has 2 heterocycles. The number of nitrogens with two attached hydrogens (primary N) is 1. The Balaban J connectivity index is 2.03. The fraction of sp³-hybridized carbons (Fsp3) is 0.312. The molecule has 1 aromatic carbocycles. The number of hydrogen-bond acceptors (Lipinski definition) is 3. The van der Waals surface area contributed by atoms with E-state index in [0.29, 0.717) is 0 Å². The van der Waals surface area contributed by atoms with Gasteiger partial charge in [-0.2, -0.15) is 0 Å². The highest BCUT2D eigenvalue weighted by Gasteiger charge is 2.25. The van der Waals surface area contributed by atoms with Gasteiger partial charge in [0.1, 0.15) is 5.82 Å². The van der Waals surface area contributed by atoms with Crippen molar-refractivity contribution < 1.29 is 0 Å². The summed E-state index contributed by atoms with van der Waals surface area (Å²) in [5, 5.41) is 1.64. The van der Waals surface area contributed by atoms with Crippen molar-refractivity contribution in [2.75, 3.05) is 5.73 Å². The number of anilines is 1. The first-order chi connectivity index (χ1) is 10.2. The van der Waals surface area contributed by atoms with E-state index in [9.17, 15) is 0 Å². The summed E-state index contributed by atoms with van der Waals surface area (Å²) in [6, 6.07) is 5.86. The maximum Gasteiger partial charge on any atom is 0.144 e. The van der Waals surface area contributed by atoms with Crippen molar-refractivity contribution in [3.8, 4) is 11.4 Å². The minimum Gasteiger partial charge on any atom is -0.390 e. The molecule has 21 heavy (non-hydrogen) atoms. The van der Waals surface area contributed by atoms with Gasteiger partial charge in [0.25, 0.3) is 0 Å². The van der Waals surface area contributed by atoms with E-state index >= 15 is 0 Å². The smallest absolute Gasteiger partial charge is 0.144 e. The normalized spacial score (nSPS) is 14.0. The molecule has 1 aliphatic carbocycles. The first-order valence-corrected chi connectivity index (χ1v) is 8.44. The van der Waals surface area contributed by atoms with Crippen molar-refractivity contribution in [1.29, 1.82) is 0 Å². The Bertz CT molecular complexity index is 847. The molecule has 0 fully saturated rings. The van der Waals surface area contributed by atoms with Crippen LogP contribution in [0.4, 0.5) is 5.00 Å². The van der Waals surface area contributed by atoms with Gasteiger partial charge in [0, 0.05) is 16.4 Å². The van der Waals surface area contributed by atoms with Crippen molar-refractivity contribution in [2.24, 2.45) is 0 Å². The third kappa shape index (κ3) is 1.89. The lowest BCUT2D eigenvalue weighted by Gasteiger charge is -2.07. The number of aryl methyl sites for hydroxylation is 2. The fourth-order valence-corrected chi connectivity index (χ4v) is 4.60. The Kier molecular flexibility index (Phi) is 2.98. The maximum atomic E-state index is 6.30. The van der Waals surface area contributed by atoms with Crippen LogP contribution in [0.5, 0.6) is 0 Å². The van der Waals surface area contributed by atoms with Gasteiger partial charge in [0.15, 0.2) is 0 Å². The van der Waals surface area contributed by atoms with Gasteiger partial charge in [-0.05, 0) is 49.9 Å². The lowest BCUT2D eigenvalue weighted by Crippen LogP contribution is -2.00. The molecule has 0 spiro atoms. The van der Waals surface area contributed by atoms with Crippen LogP contribution in [0.1, 0.15) is 23.8 Å². The van der Waals surface area contributed by atoms with Gasteiger partial charge in [-0.3, -0.25) is 0 Å². The molecular formula is C16H16ClN3S. The number of rotatable bonds is 2. The number of hydrogen-bond donors (Lipinski definition) is 1. The Labute approximate surface area is 132 Å². The van der Waals surface area contributed by atoms with Crippen LogP contribution >= 0.6 is 22.9 Å². The number of nitrogens with zero attached hydrogens (tertiary/aromatic N) is 2. The highest BCUT2D eigenvalue weighted by atomic mass is 35.5. The van der Waals surface area contributed by atoms with E-state index in [0.717, 1.165) is 51.8 Å². The van der Waals surface area contributed by atoms with Crippen molar-refractivity contribution in [3.05, 3.63) is 33.7 Å². The minimum atomic E-state index is 0.743. The van der Waals surface area contributed by atoms with Crippen LogP contribution in [0.15, 0.2) is 18.2 Å². The van der Waals surface area contributed by atoms with E-state index in [-0.39, 0.29) is 0 Å². The molecule has 2 N–H and O–H groups in total. The Morgan fingerprint density at radius 2 is 2.24 bits per heavy atom. The van der Waals surface area contributed by atoms with Crippen molar-refractivity contribution in [3.63, 3.8) is 0 Å². The second-order valence-corrected chi connectivity index (χ2v) is 6.98. The summed E-state index contributed by atoms with van der Waals surface area (Å²) in [5.74, 6) is 0.992. The fourth-order valence-electron chi connectivity index (χ4n) is 3.28. The molecule has 108 valence electrons. The van der Waals surface area contributed by atoms with Crippen LogP contribution < -0.4 is 5.73 Å². The summed E-state index contributed by atoms with van der Waals surface area (Å²) in [6.07, 6.45) is 3.50. The van der Waals surface area contributed by atoms with Crippen LogP contribution in [0.2, 0.25) is 5.02 Å². The Morgan fingerprint density at radius 1 is 1.38 bits per heavy atom. The highest BCUT2D eigenvalue weighted by molar-refractivity contribution is 7.16. The number of halogens is 1. The van der Waals surface area contributed by atoms with Gasteiger partial charge in [-0.1, -0.05) is 11.6 Å². The third-order valence-corrected chi connectivity index (χ3v) is 5.55. The topological polar surface area (TPSA) is 43.8 Å². The SMILES string of the molecule is CCn1c(-c2c(N)sc3c2CCC3)nc2ccc(Cl)cc21. The highest BCUT2D eigenvalue weighted by Crippen LogP contribution is 2.43. The molecule has 0 amide bonds. The first-order valence-electron chi connectivity index (χ1n) is 7.25. The second kappa shape index (κ2) is 4.75. The summed E-state index contributed by atoms with van der Waals surface area (Å²) in [4.78, 5) is 6.28. The lowest BCUT2D eigenvalue weighted by atomic mass is 10.1. The van der Waals surface area contributed by atoms with E-state index in [4.69, 9.17) is 22.3 Å². The molecule has 0 saturated heterocycles. The summed E-state index contributed by atoms with van der Waals surface area (Å²) in [6.45, 7) is 2.99. The van der Waals surface area contributed by atoms with E-state index in [1.54, 1.807) is 11.3 Å². The molecule has 0 saturated carbocycles. The summed E-state index contributed by atoms with van der Waals surface area (Å²) >= 11 is 7.87. The average molecular weight is 318 g/mol. The molecule has 3 aromatic rings. The number of aromatic nitrogens is 2. The van der Waals surface area contributed by atoms with E-state index in [1.807, 2.05) is 18.2 Å². The molecule has 5 heteroatoms. The zero-order valence-corrected chi connectivity index (χ0v) is 13.4. The summed E-state index contributed by atoms with van der Waals surface area (Å²) in [5.41, 5.74) is 10.9. The van der Waals surface area contributed by atoms with Crippen molar-refractivity contribution in [2.45, 2.75) is 32.7 Å². The largest absolute Gasteiger partial charge is 0.390 e. The quantitative estimate of drug-likeness (QED) is 0.755. The van der Waals surface area contributed by atoms with Crippen LogP contribution in [-0.4, -0.2) is 9.55 Å². The molecule has 0 unspecified atom stereocenters. The molecule has 1 aliphatic rings. The number of benzene rings is 1. The molecule has 0 bridgehead atoms. The van der Waals surface area contributed by atoms with Gasteiger partial charge in [0.05, 0.1) is 21.6 Å². The summed E-state index contributed by atoms with van der Waals surface area (Å²) in [7, 11) is 0. The standard InChI is InChI=1S/C16H16ClN3S/c1-2-20-12-8-9(17)6-7-11(12)19-16(20)14-10-4-3-5-13(10)21-15(14)18/h6-8H,2-5,18H2,1H3. The predicted molar refractivity (Wildman–Crippen MR) is 90.2 cm³/mol. The van der Waals surface area contributed by atoms with E-state index in [2.05, 4.69) is 11.5 Å². The van der Waals surface area contributed by atoms with E-state index in [1.165, 1.54) is 16.9 Å². The van der Waals surface area contributed by atoms with Gasteiger partial charge < -0.3 is 10.3 Å². The van der Waals surface area contributed by atoms with Crippen molar-refractivity contribution >= 4 is 39.0 Å². The zero-order chi connectivity index (χ0) is 14.6. The molecule has 0 atom stereocenters. The van der Waals surface area contributed by atoms with Crippen LogP contribution in [0, 0.1) is 0 Å². The number of nitrogen functional groups attached to an aromatic ring is 1. The third-order valence-electron chi connectivity index (χ3n) is 4.20. The first kappa shape index (κ1) is 13.2. The molecule has 4 rings (SSSR count). The number of imidazole rings is 1. The van der Waals surface area contributed by atoms with E-state index < -0.39 is 0 Å². The average Bonchev–Trinajstić information content (AvgIpc) is 3.10. The molecule has 0 radical (unpaired) electrons. The molecule has 3 nitrogen and oxygen atoms in total. The summed E-state index contributed by atoms with van der Waals surface area (Å²) < 4.78 is 2.22. The number of thiophene rings is 1. The second-order valence-electron chi connectivity index (χ2n) is 5.41.